The first-order valence-corrected chi connectivity index (χ1v) is 9.70. The zero-order chi connectivity index (χ0) is 16.3. The van der Waals surface area contributed by atoms with Crippen molar-refractivity contribution < 1.29 is 8.42 Å². The van der Waals surface area contributed by atoms with Crippen molar-refractivity contribution in [2.75, 3.05) is 11.0 Å². The summed E-state index contributed by atoms with van der Waals surface area (Å²) in [4.78, 5) is 1.40. The van der Waals surface area contributed by atoms with E-state index in [2.05, 4.69) is 4.72 Å². The van der Waals surface area contributed by atoms with E-state index >= 15 is 0 Å². The molecule has 0 atom stereocenters. The number of rotatable bonds is 5. The Hall–Kier alpha value is -2.18. The van der Waals surface area contributed by atoms with E-state index in [-0.39, 0.29) is 4.90 Å². The fourth-order valence-corrected chi connectivity index (χ4v) is 3.71. The summed E-state index contributed by atoms with van der Waals surface area (Å²) in [7, 11) is -3.60. The molecule has 118 valence electrons. The molecule has 0 saturated carbocycles. The van der Waals surface area contributed by atoms with E-state index in [4.69, 9.17) is 0 Å². The highest BCUT2D eigenvalue weighted by atomic mass is 32.2. The highest BCUT2D eigenvalue weighted by molar-refractivity contribution is 7.98. The van der Waals surface area contributed by atoms with Gasteiger partial charge in [0, 0.05) is 16.8 Å². The third kappa shape index (κ3) is 3.43. The average Bonchev–Trinajstić information content (AvgIpc) is 3.03. The monoisotopic (exact) mass is 344 g/mol. The Labute approximate surface area is 140 Å². The van der Waals surface area contributed by atoms with E-state index in [0.717, 1.165) is 10.6 Å². The lowest BCUT2D eigenvalue weighted by Crippen LogP contribution is -2.15. The lowest BCUT2D eigenvalue weighted by atomic mass is 10.3. The summed E-state index contributed by atoms with van der Waals surface area (Å²) in [5.74, 6) is 0.505. The Kier molecular flexibility index (Phi) is 4.45. The number of sulfonamides is 1. The Balaban J connectivity index is 1.92. The molecule has 0 amide bonds. The maximum atomic E-state index is 12.5. The van der Waals surface area contributed by atoms with Gasteiger partial charge in [-0.15, -0.1) is 11.8 Å². The van der Waals surface area contributed by atoms with Gasteiger partial charge in [0.2, 0.25) is 0 Å². The van der Waals surface area contributed by atoms with Crippen molar-refractivity contribution in [2.24, 2.45) is 0 Å². The van der Waals surface area contributed by atoms with Gasteiger partial charge in [-0.1, -0.05) is 18.2 Å². The molecule has 6 heteroatoms. The van der Waals surface area contributed by atoms with Crippen molar-refractivity contribution >= 4 is 27.6 Å². The second kappa shape index (κ2) is 6.52. The van der Waals surface area contributed by atoms with Crippen molar-refractivity contribution in [3.05, 3.63) is 72.9 Å². The molecule has 23 heavy (non-hydrogen) atoms. The highest BCUT2D eigenvalue weighted by Gasteiger charge is 2.15. The molecule has 4 nitrogen and oxygen atoms in total. The number of thioether (sulfide) groups is 1. The zero-order valence-corrected chi connectivity index (χ0v) is 14.1. The molecule has 0 bridgehead atoms. The molecule has 0 radical (unpaired) electrons. The van der Waals surface area contributed by atoms with Crippen LogP contribution >= 0.6 is 11.8 Å². The quantitative estimate of drug-likeness (QED) is 0.712. The van der Waals surface area contributed by atoms with Gasteiger partial charge >= 0.3 is 0 Å². The SMILES string of the molecule is CSc1ccc(-n2cccc2NS(=O)(=O)c2ccccc2)cc1. The van der Waals surface area contributed by atoms with Crippen LogP contribution in [0.3, 0.4) is 0 Å². The van der Waals surface area contributed by atoms with Crippen molar-refractivity contribution in [2.45, 2.75) is 9.79 Å². The van der Waals surface area contributed by atoms with Gasteiger partial charge in [0.15, 0.2) is 0 Å². The summed E-state index contributed by atoms with van der Waals surface area (Å²) in [6.07, 6.45) is 3.85. The molecular weight excluding hydrogens is 328 g/mol. The average molecular weight is 344 g/mol. The molecule has 0 fully saturated rings. The lowest BCUT2D eigenvalue weighted by Gasteiger charge is -2.12. The van der Waals surface area contributed by atoms with Crippen LogP contribution in [-0.2, 0) is 10.0 Å². The van der Waals surface area contributed by atoms with Crippen LogP contribution < -0.4 is 4.72 Å². The second-order valence-electron chi connectivity index (χ2n) is 4.88. The Morgan fingerprint density at radius 2 is 1.61 bits per heavy atom. The predicted molar refractivity (Wildman–Crippen MR) is 94.8 cm³/mol. The molecule has 1 heterocycles. The minimum absolute atomic E-state index is 0.241. The molecule has 3 rings (SSSR count). The minimum atomic E-state index is -3.60. The van der Waals surface area contributed by atoms with E-state index in [1.807, 2.05) is 47.4 Å². The highest BCUT2D eigenvalue weighted by Crippen LogP contribution is 2.23. The fraction of sp³-hybridized carbons (Fsp3) is 0.0588. The van der Waals surface area contributed by atoms with Crippen molar-refractivity contribution in [1.29, 1.82) is 0 Å². The summed E-state index contributed by atoms with van der Waals surface area (Å²) in [6, 6.07) is 19.8. The summed E-state index contributed by atoms with van der Waals surface area (Å²) in [6.45, 7) is 0. The number of aromatic nitrogens is 1. The summed E-state index contributed by atoms with van der Waals surface area (Å²) in [5.41, 5.74) is 0.901. The number of anilines is 1. The summed E-state index contributed by atoms with van der Waals surface area (Å²) in [5, 5.41) is 0. The van der Waals surface area contributed by atoms with Crippen LogP contribution in [0.2, 0.25) is 0 Å². The minimum Gasteiger partial charge on any atom is -0.303 e. The van der Waals surface area contributed by atoms with E-state index in [9.17, 15) is 8.42 Å². The molecule has 0 aliphatic heterocycles. The number of nitrogens with one attached hydrogen (secondary N) is 1. The van der Waals surface area contributed by atoms with Crippen LogP contribution in [0.1, 0.15) is 0 Å². The molecule has 0 spiro atoms. The number of hydrogen-bond donors (Lipinski definition) is 1. The molecule has 2 aromatic carbocycles. The second-order valence-corrected chi connectivity index (χ2v) is 7.44. The molecule has 1 aromatic heterocycles. The Morgan fingerprint density at radius 3 is 2.26 bits per heavy atom. The first kappa shape index (κ1) is 15.7. The molecule has 1 N–H and O–H groups in total. The molecule has 3 aromatic rings. The maximum absolute atomic E-state index is 12.5. The van der Waals surface area contributed by atoms with Crippen molar-refractivity contribution in [3.8, 4) is 5.69 Å². The number of nitrogens with zero attached hydrogens (tertiary/aromatic N) is 1. The Bertz CT molecular complexity index is 886. The van der Waals surface area contributed by atoms with Gasteiger partial charge in [0.1, 0.15) is 5.82 Å². The van der Waals surface area contributed by atoms with Crippen LogP contribution in [-0.4, -0.2) is 19.2 Å². The van der Waals surface area contributed by atoms with Gasteiger partial charge in [-0.3, -0.25) is 4.72 Å². The first-order chi connectivity index (χ1) is 11.1. The van der Waals surface area contributed by atoms with E-state index in [0.29, 0.717) is 5.82 Å². The van der Waals surface area contributed by atoms with Gasteiger partial charge in [-0.05, 0) is 54.8 Å². The van der Waals surface area contributed by atoms with Crippen LogP contribution in [0.5, 0.6) is 0 Å². The topological polar surface area (TPSA) is 51.1 Å². The van der Waals surface area contributed by atoms with Crippen LogP contribution in [0.4, 0.5) is 5.82 Å². The standard InChI is InChI=1S/C17H16N2O2S2/c1-22-15-11-9-14(10-12-15)19-13-5-8-17(19)18-23(20,21)16-6-3-2-4-7-16/h2-13,18H,1H3. The van der Waals surface area contributed by atoms with E-state index in [1.54, 1.807) is 48.2 Å². The van der Waals surface area contributed by atoms with Gasteiger partial charge < -0.3 is 4.57 Å². The first-order valence-electron chi connectivity index (χ1n) is 7.00. The number of benzene rings is 2. The third-order valence-corrected chi connectivity index (χ3v) is 5.51. The predicted octanol–water partition coefficient (Wildman–Crippen LogP) is 4.00. The van der Waals surface area contributed by atoms with Crippen molar-refractivity contribution in [3.63, 3.8) is 0 Å². The van der Waals surface area contributed by atoms with Gasteiger partial charge in [0.25, 0.3) is 10.0 Å². The molecule has 0 aliphatic rings. The smallest absolute Gasteiger partial charge is 0.263 e. The zero-order valence-electron chi connectivity index (χ0n) is 12.5. The van der Waals surface area contributed by atoms with Gasteiger partial charge in [-0.2, -0.15) is 0 Å². The van der Waals surface area contributed by atoms with Crippen LogP contribution in [0, 0.1) is 0 Å². The Morgan fingerprint density at radius 1 is 0.913 bits per heavy atom. The maximum Gasteiger partial charge on any atom is 0.263 e. The van der Waals surface area contributed by atoms with Gasteiger partial charge in [-0.25, -0.2) is 8.42 Å². The van der Waals surface area contributed by atoms with E-state index < -0.39 is 10.0 Å². The normalized spacial score (nSPS) is 11.3. The summed E-state index contributed by atoms with van der Waals surface area (Å²) < 4.78 is 29.4. The molecule has 0 unspecified atom stereocenters. The third-order valence-electron chi connectivity index (χ3n) is 3.39. The summed E-state index contributed by atoms with van der Waals surface area (Å²) >= 11 is 1.67. The number of hydrogen-bond acceptors (Lipinski definition) is 3. The van der Waals surface area contributed by atoms with Gasteiger partial charge in [0.05, 0.1) is 4.90 Å². The molecule has 0 aliphatic carbocycles. The molecular formula is C17H16N2O2S2. The molecule has 0 saturated heterocycles. The lowest BCUT2D eigenvalue weighted by molar-refractivity contribution is 0.601. The van der Waals surface area contributed by atoms with E-state index in [1.165, 1.54) is 0 Å². The fourth-order valence-electron chi connectivity index (χ4n) is 2.23. The van der Waals surface area contributed by atoms with Crippen LogP contribution in [0.25, 0.3) is 5.69 Å². The van der Waals surface area contributed by atoms with Crippen LogP contribution in [0.15, 0.2) is 82.7 Å². The van der Waals surface area contributed by atoms with Crippen molar-refractivity contribution in [1.82, 2.24) is 4.57 Å². The largest absolute Gasteiger partial charge is 0.303 e.